The van der Waals surface area contributed by atoms with Crippen LogP contribution in [0.5, 0.6) is 17.2 Å². The molecule has 1 atom stereocenters. The van der Waals surface area contributed by atoms with E-state index in [2.05, 4.69) is 31.8 Å². The van der Waals surface area contributed by atoms with Gasteiger partial charge in [0.15, 0.2) is 0 Å². The summed E-state index contributed by atoms with van der Waals surface area (Å²) in [6.45, 7) is 4.88. The molecule has 1 fully saturated rings. The average molecular weight is 610 g/mol. The first kappa shape index (κ1) is 31.1. The molecule has 1 saturated heterocycles. The summed E-state index contributed by atoms with van der Waals surface area (Å²) >= 11 is 0. The number of methoxy groups -OCH3 is 3. The van der Waals surface area contributed by atoms with E-state index in [4.69, 9.17) is 14.2 Å². The summed E-state index contributed by atoms with van der Waals surface area (Å²) in [5.74, 6) is 1.70. The van der Waals surface area contributed by atoms with Crippen molar-refractivity contribution in [2.24, 2.45) is 0 Å². The van der Waals surface area contributed by atoms with Gasteiger partial charge in [-0.2, -0.15) is 0 Å². The Morgan fingerprint density at radius 2 is 1.27 bits per heavy atom. The van der Waals surface area contributed by atoms with Crippen molar-refractivity contribution >= 4 is 34.7 Å². The predicted octanol–water partition coefficient (Wildman–Crippen LogP) is 6.17. The van der Waals surface area contributed by atoms with E-state index >= 15 is 0 Å². The van der Waals surface area contributed by atoms with Crippen LogP contribution in [0.2, 0.25) is 0 Å². The number of hydrogen-bond donors (Lipinski definition) is 3. The standard InChI is InChI=1S/C35H39N5O5/c1-24(25-10-6-5-7-11-25)36-34(41)30-22-26(37-35(42)38-27-20-28(43-2)23-29(21-27)44-3)14-15-31(30)39-16-18-40(19-17-39)32-12-8-9-13-33(32)45-4/h5-15,20-24H,16-19H2,1-4H3,(H,36,41)(H2,37,38,42). The molecule has 10 heteroatoms. The van der Waals surface area contributed by atoms with Crippen LogP contribution < -0.4 is 40.0 Å². The molecule has 0 radical (unpaired) electrons. The van der Waals surface area contributed by atoms with Crippen LogP contribution in [0.15, 0.2) is 91.0 Å². The van der Waals surface area contributed by atoms with E-state index in [9.17, 15) is 9.59 Å². The Morgan fingerprint density at radius 1 is 0.667 bits per heavy atom. The van der Waals surface area contributed by atoms with E-state index in [-0.39, 0.29) is 11.9 Å². The molecule has 1 aliphatic heterocycles. The summed E-state index contributed by atoms with van der Waals surface area (Å²) in [4.78, 5) is 31.3. The number of carbonyl (C=O) groups excluding carboxylic acids is 2. The SMILES string of the molecule is COc1cc(NC(=O)Nc2ccc(N3CCN(c4ccccc4OC)CC3)c(C(=O)NC(C)c3ccccc3)c2)cc(OC)c1. The van der Waals surface area contributed by atoms with Crippen molar-refractivity contribution in [3.63, 3.8) is 0 Å². The lowest BCUT2D eigenvalue weighted by Crippen LogP contribution is -2.47. The smallest absolute Gasteiger partial charge is 0.323 e. The Balaban J connectivity index is 1.36. The number of rotatable bonds is 10. The number of amides is 3. The zero-order chi connectivity index (χ0) is 31.8. The second kappa shape index (κ2) is 14.4. The molecule has 0 bridgehead atoms. The van der Waals surface area contributed by atoms with Gasteiger partial charge in [-0.05, 0) is 42.8 Å². The van der Waals surface area contributed by atoms with Crippen LogP contribution in [0.3, 0.4) is 0 Å². The third-order valence-electron chi connectivity index (χ3n) is 7.80. The lowest BCUT2D eigenvalue weighted by molar-refractivity contribution is 0.0940. The van der Waals surface area contributed by atoms with Crippen molar-refractivity contribution < 1.29 is 23.8 Å². The van der Waals surface area contributed by atoms with Gasteiger partial charge in [0.05, 0.1) is 38.6 Å². The highest BCUT2D eigenvalue weighted by molar-refractivity contribution is 6.04. The largest absolute Gasteiger partial charge is 0.497 e. The van der Waals surface area contributed by atoms with Gasteiger partial charge < -0.3 is 40.0 Å². The predicted molar refractivity (Wildman–Crippen MR) is 178 cm³/mol. The van der Waals surface area contributed by atoms with Gasteiger partial charge in [-0.3, -0.25) is 4.79 Å². The molecule has 45 heavy (non-hydrogen) atoms. The Morgan fingerprint density at radius 3 is 1.91 bits per heavy atom. The van der Waals surface area contributed by atoms with Crippen LogP contribution in [0.25, 0.3) is 0 Å². The molecular formula is C35H39N5O5. The zero-order valence-corrected chi connectivity index (χ0v) is 26.0. The fraction of sp³-hybridized carbons (Fsp3) is 0.257. The van der Waals surface area contributed by atoms with Crippen molar-refractivity contribution in [2.75, 3.05) is 67.9 Å². The lowest BCUT2D eigenvalue weighted by atomic mass is 10.1. The monoisotopic (exact) mass is 609 g/mol. The van der Waals surface area contributed by atoms with Crippen molar-refractivity contribution in [1.29, 1.82) is 0 Å². The molecule has 234 valence electrons. The molecule has 10 nitrogen and oxygen atoms in total. The highest BCUT2D eigenvalue weighted by Crippen LogP contribution is 2.32. The third-order valence-corrected chi connectivity index (χ3v) is 7.80. The maximum atomic E-state index is 13.8. The molecule has 1 heterocycles. The number of nitrogens with zero attached hydrogens (tertiary/aromatic N) is 2. The fourth-order valence-electron chi connectivity index (χ4n) is 5.42. The van der Waals surface area contributed by atoms with Crippen molar-refractivity contribution in [1.82, 2.24) is 5.32 Å². The Hall–Kier alpha value is -5.38. The van der Waals surface area contributed by atoms with Crippen molar-refractivity contribution in [2.45, 2.75) is 13.0 Å². The molecule has 4 aromatic carbocycles. The van der Waals surface area contributed by atoms with Gasteiger partial charge in [-0.1, -0.05) is 42.5 Å². The first-order chi connectivity index (χ1) is 21.9. The maximum Gasteiger partial charge on any atom is 0.323 e. The van der Waals surface area contributed by atoms with Gasteiger partial charge in [0.1, 0.15) is 17.2 Å². The van der Waals surface area contributed by atoms with E-state index in [1.807, 2.05) is 67.6 Å². The van der Waals surface area contributed by atoms with E-state index in [1.165, 1.54) is 0 Å². The minimum atomic E-state index is -0.465. The van der Waals surface area contributed by atoms with Gasteiger partial charge in [0, 0.05) is 61.4 Å². The highest BCUT2D eigenvalue weighted by Gasteiger charge is 2.24. The molecule has 0 saturated carbocycles. The van der Waals surface area contributed by atoms with Crippen LogP contribution in [0, 0.1) is 0 Å². The van der Waals surface area contributed by atoms with Gasteiger partial charge in [0.2, 0.25) is 0 Å². The first-order valence-electron chi connectivity index (χ1n) is 14.8. The summed E-state index contributed by atoms with van der Waals surface area (Å²) < 4.78 is 16.2. The number of benzene rings is 4. The number of anilines is 4. The summed E-state index contributed by atoms with van der Waals surface area (Å²) in [6.07, 6.45) is 0. The van der Waals surface area contributed by atoms with Crippen LogP contribution >= 0.6 is 0 Å². The summed E-state index contributed by atoms with van der Waals surface area (Å²) in [5, 5.41) is 8.82. The maximum absolute atomic E-state index is 13.8. The molecule has 5 rings (SSSR count). The van der Waals surface area contributed by atoms with E-state index < -0.39 is 6.03 Å². The quantitative estimate of drug-likeness (QED) is 0.197. The number of para-hydroxylation sites is 2. The third kappa shape index (κ3) is 7.59. The minimum Gasteiger partial charge on any atom is -0.497 e. The Labute approximate surface area is 263 Å². The van der Waals surface area contributed by atoms with Crippen molar-refractivity contribution in [3.8, 4) is 17.2 Å². The second-order valence-corrected chi connectivity index (χ2v) is 10.7. The zero-order valence-electron chi connectivity index (χ0n) is 26.0. The fourth-order valence-corrected chi connectivity index (χ4v) is 5.42. The Bertz CT molecular complexity index is 1600. The summed E-state index contributed by atoms with van der Waals surface area (Å²) in [6, 6.07) is 27.7. The van der Waals surface area contributed by atoms with E-state index in [0.717, 1.165) is 35.8 Å². The number of piperazine rings is 1. The van der Waals surface area contributed by atoms with Crippen molar-refractivity contribution in [3.05, 3.63) is 102 Å². The van der Waals surface area contributed by atoms with Gasteiger partial charge in [-0.15, -0.1) is 0 Å². The van der Waals surface area contributed by atoms with Crippen LogP contribution in [-0.4, -0.2) is 59.4 Å². The van der Waals surface area contributed by atoms with Gasteiger partial charge in [0.25, 0.3) is 5.91 Å². The second-order valence-electron chi connectivity index (χ2n) is 10.7. The molecule has 1 unspecified atom stereocenters. The summed E-state index contributed by atoms with van der Waals surface area (Å²) in [7, 11) is 4.77. The van der Waals surface area contributed by atoms with Gasteiger partial charge >= 0.3 is 6.03 Å². The van der Waals surface area contributed by atoms with Crippen LogP contribution in [-0.2, 0) is 0 Å². The molecule has 3 amide bonds. The van der Waals surface area contributed by atoms with E-state index in [1.54, 1.807) is 45.6 Å². The average Bonchev–Trinajstić information content (AvgIpc) is 3.08. The van der Waals surface area contributed by atoms with Gasteiger partial charge in [-0.25, -0.2) is 4.79 Å². The molecule has 4 aromatic rings. The first-order valence-corrected chi connectivity index (χ1v) is 14.8. The molecule has 0 aromatic heterocycles. The number of carbonyl (C=O) groups is 2. The normalized spacial score (nSPS) is 13.4. The molecule has 0 spiro atoms. The number of hydrogen-bond acceptors (Lipinski definition) is 7. The summed E-state index contributed by atoms with van der Waals surface area (Å²) in [5.41, 5.74) is 4.31. The highest BCUT2D eigenvalue weighted by atomic mass is 16.5. The number of ether oxygens (including phenoxy) is 3. The molecular weight excluding hydrogens is 570 g/mol. The Kier molecular flexibility index (Phi) is 9.93. The lowest BCUT2D eigenvalue weighted by Gasteiger charge is -2.38. The molecule has 1 aliphatic rings. The molecule has 0 aliphatic carbocycles. The minimum absolute atomic E-state index is 0.211. The van der Waals surface area contributed by atoms with Crippen LogP contribution in [0.1, 0.15) is 28.9 Å². The molecule has 3 N–H and O–H groups in total. The van der Waals surface area contributed by atoms with E-state index in [0.29, 0.717) is 41.5 Å². The number of nitrogens with one attached hydrogen (secondary N) is 3. The number of urea groups is 1. The topological polar surface area (TPSA) is 104 Å². The van der Waals surface area contributed by atoms with Crippen LogP contribution in [0.4, 0.5) is 27.5 Å².